The van der Waals surface area contributed by atoms with Crippen LogP contribution in [-0.2, 0) is 4.57 Å². The Labute approximate surface area is 120 Å². The molecule has 0 radical (unpaired) electrons. The molecule has 80 valence electrons. The van der Waals surface area contributed by atoms with E-state index >= 15 is 0 Å². The van der Waals surface area contributed by atoms with Crippen molar-refractivity contribution in [2.45, 2.75) is 0 Å². The van der Waals surface area contributed by atoms with Crippen LogP contribution in [0.2, 0.25) is 0 Å². The molecule has 0 saturated heterocycles. The molecule has 0 rings (SSSR count). The second-order valence-corrected chi connectivity index (χ2v) is 1.47. The van der Waals surface area contributed by atoms with Gasteiger partial charge < -0.3 is 14.7 Å². The van der Waals surface area contributed by atoms with Gasteiger partial charge in [0.25, 0.3) is 7.82 Å². The Bertz CT molecular complexity index is 65.7. The van der Waals surface area contributed by atoms with Gasteiger partial charge in [-0.15, -0.1) is 74.4 Å². The molecular formula is H8Cl6LiO4P. The molecule has 0 aromatic heterocycles. The summed E-state index contributed by atoms with van der Waals surface area (Å²) < 4.78 is 8.77. The molecular weight excluding hydrogens is 315 g/mol. The van der Waals surface area contributed by atoms with Gasteiger partial charge in [0.15, 0.2) is 0 Å². The van der Waals surface area contributed by atoms with E-state index in [1.165, 1.54) is 0 Å². The van der Waals surface area contributed by atoms with Crippen molar-refractivity contribution in [2.24, 2.45) is 0 Å². The van der Waals surface area contributed by atoms with Crippen LogP contribution in [0, 0.1) is 0 Å². The van der Waals surface area contributed by atoms with Gasteiger partial charge in [-0.25, -0.2) is 0 Å². The fraction of sp³-hybridized carbons (Fsp3) is 0. The smallest absolute Gasteiger partial charge is 0.756 e. The largest absolute Gasteiger partial charge is 1.00 e. The van der Waals surface area contributed by atoms with E-state index in [1.54, 1.807) is 0 Å². The zero-order valence-electron chi connectivity index (χ0n) is 5.61. The Morgan fingerprint density at radius 3 is 0.833 bits per heavy atom. The number of hydrogen-bond acceptors (Lipinski definition) is 2. The van der Waals surface area contributed by atoms with Crippen molar-refractivity contribution >= 4 is 82.3 Å². The van der Waals surface area contributed by atoms with Crippen LogP contribution in [0.1, 0.15) is 0 Å². The minimum Gasteiger partial charge on any atom is -0.756 e. The van der Waals surface area contributed by atoms with Crippen molar-refractivity contribution in [1.29, 1.82) is 0 Å². The number of rotatable bonds is 0. The molecule has 0 fully saturated rings. The molecule has 0 aliphatic heterocycles. The summed E-state index contributed by atoms with van der Waals surface area (Å²) in [6.45, 7) is 0. The minimum absolute atomic E-state index is 0. The van der Waals surface area contributed by atoms with Gasteiger partial charge in [0.05, 0.1) is 0 Å². The van der Waals surface area contributed by atoms with E-state index in [4.69, 9.17) is 19.2 Å². The van der Waals surface area contributed by atoms with Crippen molar-refractivity contribution in [2.75, 3.05) is 0 Å². The Morgan fingerprint density at radius 1 is 0.833 bits per heavy atom. The van der Waals surface area contributed by atoms with Gasteiger partial charge in [0.2, 0.25) is 0 Å². The number of hydrogen-bond donors (Lipinski definition) is 2. The molecule has 0 bridgehead atoms. The van der Waals surface area contributed by atoms with E-state index in [-0.39, 0.29) is 93.3 Å². The van der Waals surface area contributed by atoms with Gasteiger partial charge in [-0.3, -0.25) is 4.57 Å². The molecule has 12 heteroatoms. The van der Waals surface area contributed by atoms with E-state index in [1.807, 2.05) is 0 Å². The number of halogens is 6. The molecule has 0 spiro atoms. The van der Waals surface area contributed by atoms with Crippen LogP contribution in [0.15, 0.2) is 0 Å². The first-order valence-electron chi connectivity index (χ1n) is 0.765. The normalized spacial score (nSPS) is 4.92. The summed E-state index contributed by atoms with van der Waals surface area (Å²) in [4.78, 5) is 22.9. The van der Waals surface area contributed by atoms with Crippen LogP contribution >= 0.6 is 82.3 Å². The average Bonchev–Trinajstić information content (AvgIpc) is 0.722. The van der Waals surface area contributed by atoms with E-state index in [0.717, 1.165) is 0 Å². The third-order valence-corrected chi connectivity index (χ3v) is 0. The quantitative estimate of drug-likeness (QED) is 0.398. The SMILES string of the molecule is Cl.Cl.Cl.Cl.Cl.Cl.O=P([O-])(O)O.[Li+]. The van der Waals surface area contributed by atoms with Gasteiger partial charge >= 0.3 is 18.9 Å². The standard InChI is InChI=1S/6ClH.Li.H3O4P/c;;;;;;;1-5(2,3)4/h6*1H;;(H3,1,2,3,4)/q;;;;;;+1;/p-1. The summed E-state index contributed by atoms with van der Waals surface area (Å²) in [5.74, 6) is 0. The molecule has 0 atom stereocenters. The maximum absolute atomic E-state index is 8.77. The van der Waals surface area contributed by atoms with Crippen LogP contribution < -0.4 is 23.8 Å². The summed E-state index contributed by atoms with van der Waals surface area (Å²) in [5.41, 5.74) is 0. The summed E-state index contributed by atoms with van der Waals surface area (Å²) in [6, 6.07) is 0. The third-order valence-electron chi connectivity index (χ3n) is 0. The topological polar surface area (TPSA) is 80.6 Å². The maximum Gasteiger partial charge on any atom is 1.00 e. The molecule has 0 aromatic rings. The van der Waals surface area contributed by atoms with Crippen molar-refractivity contribution in [3.63, 3.8) is 0 Å². The van der Waals surface area contributed by atoms with E-state index < -0.39 is 7.82 Å². The fourth-order valence-corrected chi connectivity index (χ4v) is 0. The van der Waals surface area contributed by atoms with Crippen molar-refractivity contribution < 1.29 is 38.1 Å². The first-order valence-corrected chi connectivity index (χ1v) is 2.30. The van der Waals surface area contributed by atoms with Crippen LogP contribution in [0.25, 0.3) is 0 Å². The van der Waals surface area contributed by atoms with Crippen LogP contribution in [-0.4, -0.2) is 9.79 Å². The Balaban J connectivity index is -0.00000000381. The molecule has 0 aromatic carbocycles. The first kappa shape index (κ1) is 62.8. The van der Waals surface area contributed by atoms with Crippen LogP contribution in [0.4, 0.5) is 0 Å². The van der Waals surface area contributed by atoms with Gasteiger partial charge in [0, 0.05) is 0 Å². The average molecular weight is 323 g/mol. The summed E-state index contributed by atoms with van der Waals surface area (Å²) >= 11 is 0. The summed E-state index contributed by atoms with van der Waals surface area (Å²) in [6.07, 6.45) is 0. The van der Waals surface area contributed by atoms with Crippen molar-refractivity contribution in [1.82, 2.24) is 0 Å². The fourth-order valence-electron chi connectivity index (χ4n) is 0. The Hall–Kier alpha value is 2.45. The second-order valence-electron chi connectivity index (χ2n) is 0.491. The predicted molar refractivity (Wildman–Crippen MR) is 55.5 cm³/mol. The van der Waals surface area contributed by atoms with Gasteiger partial charge in [0.1, 0.15) is 0 Å². The van der Waals surface area contributed by atoms with Crippen molar-refractivity contribution in [3.05, 3.63) is 0 Å². The molecule has 0 unspecified atom stereocenters. The Kier molecular flexibility index (Phi) is 153. The van der Waals surface area contributed by atoms with E-state index in [0.29, 0.717) is 0 Å². The zero-order valence-corrected chi connectivity index (χ0v) is 11.4. The number of phosphoric acid groups is 1. The molecule has 0 aliphatic carbocycles. The first-order chi connectivity index (χ1) is 2.00. The molecule has 4 nitrogen and oxygen atoms in total. The Morgan fingerprint density at radius 2 is 0.833 bits per heavy atom. The molecule has 0 aliphatic rings. The maximum atomic E-state index is 8.77. The van der Waals surface area contributed by atoms with Gasteiger partial charge in [-0.2, -0.15) is 0 Å². The molecule has 2 N–H and O–H groups in total. The van der Waals surface area contributed by atoms with E-state index in [9.17, 15) is 0 Å². The zero-order chi connectivity index (χ0) is 4.50. The summed E-state index contributed by atoms with van der Waals surface area (Å²) in [7, 11) is -4.89. The van der Waals surface area contributed by atoms with Gasteiger partial charge in [-0.05, 0) is 0 Å². The molecule has 0 saturated carbocycles. The monoisotopic (exact) mass is 320 g/mol. The van der Waals surface area contributed by atoms with Crippen LogP contribution in [0.5, 0.6) is 0 Å². The van der Waals surface area contributed by atoms with Crippen molar-refractivity contribution in [3.8, 4) is 0 Å². The summed E-state index contributed by atoms with van der Waals surface area (Å²) in [5, 5.41) is 0. The van der Waals surface area contributed by atoms with E-state index in [2.05, 4.69) is 0 Å². The second kappa shape index (κ2) is 29.2. The predicted octanol–water partition coefficient (Wildman–Crippen LogP) is -2.03. The molecule has 12 heavy (non-hydrogen) atoms. The molecule has 0 heterocycles. The minimum atomic E-state index is -4.89. The van der Waals surface area contributed by atoms with Gasteiger partial charge in [-0.1, -0.05) is 0 Å². The molecule has 0 amide bonds. The van der Waals surface area contributed by atoms with Crippen LogP contribution in [0.3, 0.4) is 0 Å². The third kappa shape index (κ3) is 272.